The lowest BCUT2D eigenvalue weighted by Crippen LogP contribution is -2.34. The Labute approximate surface area is 118 Å². The highest BCUT2D eigenvalue weighted by Crippen LogP contribution is 2.24. The summed E-state index contributed by atoms with van der Waals surface area (Å²) in [5, 5.41) is 3.29. The van der Waals surface area contributed by atoms with E-state index in [1.54, 1.807) is 24.7 Å². The summed E-state index contributed by atoms with van der Waals surface area (Å²) in [5.74, 6) is -0.277. The summed E-state index contributed by atoms with van der Waals surface area (Å²) in [5.41, 5.74) is 1.82. The molecule has 1 aromatic carbocycles. The van der Waals surface area contributed by atoms with Gasteiger partial charge in [0, 0.05) is 18.8 Å². The van der Waals surface area contributed by atoms with Crippen molar-refractivity contribution < 1.29 is 9.13 Å². The van der Waals surface area contributed by atoms with E-state index in [-0.39, 0.29) is 11.9 Å². The van der Waals surface area contributed by atoms with Gasteiger partial charge in [0.1, 0.15) is 11.9 Å². The summed E-state index contributed by atoms with van der Waals surface area (Å²) >= 11 is 3.20. The molecule has 1 aromatic heterocycles. The van der Waals surface area contributed by atoms with Crippen LogP contribution in [0.15, 0.2) is 35.2 Å². The van der Waals surface area contributed by atoms with Gasteiger partial charge in [-0.2, -0.15) is 0 Å². The third-order valence-corrected chi connectivity index (χ3v) is 3.71. The number of hydrogen-bond donors (Lipinski definition) is 1. The number of morpholine rings is 1. The molecule has 6 heteroatoms. The molecule has 3 rings (SSSR count). The Morgan fingerprint density at radius 3 is 3.11 bits per heavy atom. The molecule has 0 spiro atoms. The van der Waals surface area contributed by atoms with Gasteiger partial charge in [-0.15, -0.1) is 0 Å². The van der Waals surface area contributed by atoms with E-state index in [2.05, 4.69) is 26.2 Å². The minimum atomic E-state index is -0.277. The Kier molecular flexibility index (Phi) is 3.63. The maximum absolute atomic E-state index is 13.3. The average Bonchev–Trinajstić information content (AvgIpc) is 2.92. The van der Waals surface area contributed by atoms with E-state index < -0.39 is 0 Å². The normalized spacial score (nSPS) is 19.6. The van der Waals surface area contributed by atoms with E-state index in [9.17, 15) is 4.39 Å². The minimum absolute atomic E-state index is 0.0277. The molecule has 4 nitrogen and oxygen atoms in total. The highest BCUT2D eigenvalue weighted by atomic mass is 79.9. The molecule has 1 saturated heterocycles. The predicted molar refractivity (Wildman–Crippen MR) is 72.8 cm³/mol. The number of nitrogens with zero attached hydrogens (tertiary/aromatic N) is 2. The molecule has 0 aliphatic carbocycles. The van der Waals surface area contributed by atoms with Crippen LogP contribution in [0, 0.1) is 5.82 Å². The Bertz CT molecular complexity index is 581. The van der Waals surface area contributed by atoms with Crippen LogP contribution in [0.2, 0.25) is 0 Å². The maximum atomic E-state index is 13.3. The van der Waals surface area contributed by atoms with E-state index in [1.807, 2.05) is 4.57 Å². The van der Waals surface area contributed by atoms with E-state index in [0.717, 1.165) is 24.5 Å². The lowest BCUT2D eigenvalue weighted by atomic mass is 10.2. The molecule has 1 unspecified atom stereocenters. The summed E-state index contributed by atoms with van der Waals surface area (Å²) < 4.78 is 21.4. The smallest absolute Gasteiger partial charge is 0.137 e. The fraction of sp³-hybridized carbons (Fsp3) is 0.308. The fourth-order valence-electron chi connectivity index (χ4n) is 2.15. The number of hydrogen-bond acceptors (Lipinski definition) is 3. The van der Waals surface area contributed by atoms with E-state index >= 15 is 0 Å². The van der Waals surface area contributed by atoms with Gasteiger partial charge >= 0.3 is 0 Å². The first-order chi connectivity index (χ1) is 9.25. The van der Waals surface area contributed by atoms with Crippen molar-refractivity contribution in [2.75, 3.05) is 19.7 Å². The second-order valence-corrected chi connectivity index (χ2v) is 5.20. The van der Waals surface area contributed by atoms with Crippen LogP contribution in [0.4, 0.5) is 4.39 Å². The molecule has 1 fully saturated rings. The molecule has 1 N–H and O–H groups in total. The Morgan fingerprint density at radius 2 is 2.37 bits per heavy atom. The van der Waals surface area contributed by atoms with Crippen molar-refractivity contribution in [3.05, 3.63) is 46.7 Å². The van der Waals surface area contributed by atoms with Crippen LogP contribution in [0.1, 0.15) is 11.8 Å². The molecule has 2 aromatic rings. The molecule has 2 heterocycles. The molecule has 0 saturated carbocycles. The highest BCUT2D eigenvalue weighted by molar-refractivity contribution is 9.10. The van der Waals surface area contributed by atoms with Gasteiger partial charge in [0.25, 0.3) is 0 Å². The topological polar surface area (TPSA) is 39.1 Å². The van der Waals surface area contributed by atoms with Gasteiger partial charge in [-0.05, 0) is 34.1 Å². The van der Waals surface area contributed by atoms with Gasteiger partial charge in [-0.25, -0.2) is 9.37 Å². The summed E-state index contributed by atoms with van der Waals surface area (Å²) in [6, 6.07) is 4.89. The van der Waals surface area contributed by atoms with Crippen molar-refractivity contribution >= 4 is 15.9 Å². The standard InChI is InChI=1S/C13H13BrFN3O/c14-10-5-9(1-2-11(10)15)18-8-17-6-12(18)13-7-16-3-4-19-13/h1-2,5-6,8,13,16H,3-4,7H2. The van der Waals surface area contributed by atoms with E-state index in [1.165, 1.54) is 6.07 Å². The van der Waals surface area contributed by atoms with Crippen molar-refractivity contribution in [1.82, 2.24) is 14.9 Å². The van der Waals surface area contributed by atoms with Crippen molar-refractivity contribution in [3.8, 4) is 5.69 Å². The third-order valence-electron chi connectivity index (χ3n) is 3.11. The number of imidazole rings is 1. The van der Waals surface area contributed by atoms with Crippen molar-refractivity contribution in [2.45, 2.75) is 6.10 Å². The highest BCUT2D eigenvalue weighted by Gasteiger charge is 2.20. The molecular formula is C13H13BrFN3O. The van der Waals surface area contributed by atoms with Gasteiger partial charge in [0.15, 0.2) is 0 Å². The van der Waals surface area contributed by atoms with E-state index in [4.69, 9.17) is 4.74 Å². The summed E-state index contributed by atoms with van der Waals surface area (Å²) in [6.07, 6.45) is 3.47. The molecule has 1 aliphatic heterocycles. The second kappa shape index (κ2) is 5.40. The zero-order chi connectivity index (χ0) is 13.2. The average molecular weight is 326 g/mol. The van der Waals surface area contributed by atoms with Crippen LogP contribution >= 0.6 is 15.9 Å². The number of halogens is 2. The van der Waals surface area contributed by atoms with Gasteiger partial charge < -0.3 is 14.6 Å². The fourth-order valence-corrected chi connectivity index (χ4v) is 2.52. The van der Waals surface area contributed by atoms with E-state index in [0.29, 0.717) is 11.1 Å². The zero-order valence-corrected chi connectivity index (χ0v) is 11.7. The first kappa shape index (κ1) is 12.8. The van der Waals surface area contributed by atoms with Crippen LogP contribution in [-0.4, -0.2) is 29.2 Å². The largest absolute Gasteiger partial charge is 0.369 e. The SMILES string of the molecule is Fc1ccc(-n2cncc2C2CNCCO2)cc1Br. The first-order valence-electron chi connectivity index (χ1n) is 6.05. The summed E-state index contributed by atoms with van der Waals surface area (Å²) in [4.78, 5) is 4.17. The number of aromatic nitrogens is 2. The Balaban J connectivity index is 1.96. The monoisotopic (exact) mass is 325 g/mol. The number of ether oxygens (including phenoxy) is 1. The Morgan fingerprint density at radius 1 is 1.47 bits per heavy atom. The van der Waals surface area contributed by atoms with Crippen LogP contribution in [0.5, 0.6) is 0 Å². The summed E-state index contributed by atoms with van der Waals surface area (Å²) in [7, 11) is 0. The molecule has 0 amide bonds. The van der Waals surface area contributed by atoms with Gasteiger partial charge in [-0.3, -0.25) is 0 Å². The van der Waals surface area contributed by atoms with Gasteiger partial charge in [0.05, 0.1) is 29.3 Å². The quantitative estimate of drug-likeness (QED) is 0.921. The second-order valence-electron chi connectivity index (χ2n) is 4.35. The molecule has 100 valence electrons. The molecular weight excluding hydrogens is 313 g/mol. The van der Waals surface area contributed by atoms with Crippen LogP contribution in [0.3, 0.4) is 0 Å². The lowest BCUT2D eigenvalue weighted by Gasteiger charge is -2.24. The first-order valence-corrected chi connectivity index (χ1v) is 6.85. The maximum Gasteiger partial charge on any atom is 0.137 e. The van der Waals surface area contributed by atoms with Crippen LogP contribution in [-0.2, 0) is 4.74 Å². The lowest BCUT2D eigenvalue weighted by molar-refractivity contribution is 0.0240. The van der Waals surface area contributed by atoms with Crippen molar-refractivity contribution in [2.24, 2.45) is 0 Å². The van der Waals surface area contributed by atoms with Crippen LogP contribution < -0.4 is 5.32 Å². The molecule has 19 heavy (non-hydrogen) atoms. The number of rotatable bonds is 2. The Hall–Kier alpha value is -1.24. The number of benzene rings is 1. The molecule has 0 bridgehead atoms. The molecule has 0 radical (unpaired) electrons. The minimum Gasteiger partial charge on any atom is -0.369 e. The molecule has 1 atom stereocenters. The third kappa shape index (κ3) is 2.56. The van der Waals surface area contributed by atoms with Crippen LogP contribution in [0.25, 0.3) is 5.69 Å². The van der Waals surface area contributed by atoms with Gasteiger partial charge in [-0.1, -0.05) is 0 Å². The molecule has 1 aliphatic rings. The van der Waals surface area contributed by atoms with Crippen molar-refractivity contribution in [3.63, 3.8) is 0 Å². The number of nitrogens with one attached hydrogen (secondary N) is 1. The predicted octanol–water partition coefficient (Wildman–Crippen LogP) is 2.43. The van der Waals surface area contributed by atoms with Crippen molar-refractivity contribution in [1.29, 1.82) is 0 Å². The zero-order valence-electron chi connectivity index (χ0n) is 10.1. The summed E-state index contributed by atoms with van der Waals surface area (Å²) in [6.45, 7) is 2.31. The van der Waals surface area contributed by atoms with Gasteiger partial charge in [0.2, 0.25) is 0 Å².